The van der Waals surface area contributed by atoms with Crippen LogP contribution in [0.4, 0.5) is 5.88 Å². The third-order valence-electron chi connectivity index (χ3n) is 1.69. The Kier molecular flexibility index (Phi) is 2.59. The SMILES string of the molecule is O=[N+]([O-])c1ccc(-c2n[nH]c(S(=O)(=O)Cl)n2)o1. The first-order valence-corrected chi connectivity index (χ1v) is 6.30. The van der Waals surface area contributed by atoms with Crippen molar-refractivity contribution in [2.75, 3.05) is 0 Å². The Bertz CT molecular complexity index is 674. The minimum Gasteiger partial charge on any atom is -0.397 e. The second-order valence-electron chi connectivity index (χ2n) is 2.80. The van der Waals surface area contributed by atoms with Crippen LogP contribution >= 0.6 is 10.7 Å². The van der Waals surface area contributed by atoms with E-state index < -0.39 is 25.0 Å². The van der Waals surface area contributed by atoms with Gasteiger partial charge in [-0.2, -0.15) is 4.98 Å². The van der Waals surface area contributed by atoms with Crippen molar-refractivity contribution in [1.29, 1.82) is 0 Å². The molecular weight excluding hydrogens is 276 g/mol. The zero-order valence-electron chi connectivity index (χ0n) is 7.82. The van der Waals surface area contributed by atoms with Gasteiger partial charge >= 0.3 is 5.88 Å². The summed E-state index contributed by atoms with van der Waals surface area (Å²) in [7, 11) is 0.983. The van der Waals surface area contributed by atoms with Crippen LogP contribution < -0.4 is 0 Å². The molecule has 0 fully saturated rings. The number of aromatic nitrogens is 3. The Hall–Kier alpha value is -1.94. The molecule has 90 valence electrons. The summed E-state index contributed by atoms with van der Waals surface area (Å²) in [6.07, 6.45) is 0. The Morgan fingerprint density at radius 2 is 2.18 bits per heavy atom. The van der Waals surface area contributed by atoms with E-state index >= 15 is 0 Å². The molecule has 0 saturated carbocycles. The van der Waals surface area contributed by atoms with Gasteiger partial charge in [-0.05, 0) is 6.07 Å². The third kappa shape index (κ3) is 2.26. The first-order valence-electron chi connectivity index (χ1n) is 3.99. The van der Waals surface area contributed by atoms with Gasteiger partial charge in [0, 0.05) is 10.7 Å². The summed E-state index contributed by atoms with van der Waals surface area (Å²) in [5.74, 6) is -0.683. The van der Waals surface area contributed by atoms with Crippen molar-refractivity contribution < 1.29 is 17.8 Å². The summed E-state index contributed by atoms with van der Waals surface area (Å²) < 4.78 is 26.5. The van der Waals surface area contributed by atoms with Crippen LogP contribution in [-0.2, 0) is 9.05 Å². The van der Waals surface area contributed by atoms with Crippen LogP contribution in [0.1, 0.15) is 0 Å². The van der Waals surface area contributed by atoms with Gasteiger partial charge in [-0.1, -0.05) is 0 Å². The van der Waals surface area contributed by atoms with Gasteiger partial charge in [0.05, 0.1) is 6.07 Å². The Labute approximate surface area is 98.0 Å². The van der Waals surface area contributed by atoms with Crippen LogP contribution in [0.3, 0.4) is 0 Å². The van der Waals surface area contributed by atoms with Crippen molar-refractivity contribution in [2.45, 2.75) is 5.16 Å². The van der Waals surface area contributed by atoms with Gasteiger partial charge in [0.15, 0.2) is 5.76 Å². The van der Waals surface area contributed by atoms with Crippen molar-refractivity contribution >= 4 is 25.6 Å². The maximum absolute atomic E-state index is 10.9. The number of halogens is 1. The summed E-state index contributed by atoms with van der Waals surface area (Å²) in [5.41, 5.74) is 0. The molecule has 2 aromatic heterocycles. The third-order valence-corrected chi connectivity index (χ3v) is 2.77. The molecule has 0 aliphatic rings. The van der Waals surface area contributed by atoms with E-state index in [4.69, 9.17) is 15.1 Å². The summed E-state index contributed by atoms with van der Waals surface area (Å²) in [5, 5.41) is 15.4. The number of hydrogen-bond donors (Lipinski definition) is 1. The minimum atomic E-state index is -4.03. The molecule has 11 heteroatoms. The fraction of sp³-hybridized carbons (Fsp3) is 0. The lowest BCUT2D eigenvalue weighted by Crippen LogP contribution is -1.92. The highest BCUT2D eigenvalue weighted by molar-refractivity contribution is 8.13. The molecule has 2 rings (SSSR count). The van der Waals surface area contributed by atoms with Gasteiger partial charge in [0.1, 0.15) is 4.92 Å². The number of H-pyrrole nitrogens is 1. The largest absolute Gasteiger partial charge is 0.433 e. The van der Waals surface area contributed by atoms with E-state index in [9.17, 15) is 18.5 Å². The van der Waals surface area contributed by atoms with Gasteiger partial charge in [-0.25, -0.2) is 13.5 Å². The van der Waals surface area contributed by atoms with Gasteiger partial charge in [-0.15, -0.1) is 5.10 Å². The lowest BCUT2D eigenvalue weighted by molar-refractivity contribution is -0.401. The Morgan fingerprint density at radius 3 is 2.65 bits per heavy atom. The number of aromatic amines is 1. The Balaban J connectivity index is 2.40. The van der Waals surface area contributed by atoms with Gasteiger partial charge < -0.3 is 4.42 Å². The summed E-state index contributed by atoms with van der Waals surface area (Å²) >= 11 is 0. The zero-order valence-corrected chi connectivity index (χ0v) is 9.40. The lowest BCUT2D eigenvalue weighted by Gasteiger charge is -1.85. The molecule has 0 radical (unpaired) electrons. The molecule has 0 bridgehead atoms. The van der Waals surface area contributed by atoms with Crippen LogP contribution in [0.15, 0.2) is 21.7 Å². The Morgan fingerprint density at radius 1 is 1.47 bits per heavy atom. The van der Waals surface area contributed by atoms with Crippen molar-refractivity contribution in [1.82, 2.24) is 15.2 Å². The highest BCUT2D eigenvalue weighted by Gasteiger charge is 2.20. The maximum Gasteiger partial charge on any atom is 0.433 e. The lowest BCUT2D eigenvalue weighted by atomic mass is 10.4. The quantitative estimate of drug-likeness (QED) is 0.501. The average Bonchev–Trinajstić information content (AvgIpc) is 2.85. The highest BCUT2D eigenvalue weighted by Crippen LogP contribution is 2.24. The fourth-order valence-electron chi connectivity index (χ4n) is 1.01. The van der Waals surface area contributed by atoms with Crippen molar-refractivity contribution in [3.8, 4) is 11.6 Å². The molecule has 0 saturated heterocycles. The number of rotatable bonds is 3. The maximum atomic E-state index is 10.9. The monoisotopic (exact) mass is 278 g/mol. The molecule has 9 nitrogen and oxygen atoms in total. The molecule has 17 heavy (non-hydrogen) atoms. The van der Waals surface area contributed by atoms with Crippen LogP contribution in [0.5, 0.6) is 0 Å². The smallest absolute Gasteiger partial charge is 0.397 e. The van der Waals surface area contributed by atoms with E-state index in [0.717, 1.165) is 6.07 Å². The molecule has 0 aromatic carbocycles. The molecule has 0 aliphatic carbocycles. The molecule has 0 spiro atoms. The summed E-state index contributed by atoms with van der Waals surface area (Å²) in [6.45, 7) is 0. The first-order chi connectivity index (χ1) is 7.88. The van der Waals surface area contributed by atoms with Gasteiger partial charge in [0.25, 0.3) is 14.2 Å². The molecular formula is C6H3ClN4O5S. The minimum absolute atomic E-state index is 0.0421. The molecule has 0 unspecified atom stereocenters. The van der Waals surface area contributed by atoms with E-state index in [0.29, 0.717) is 0 Å². The van der Waals surface area contributed by atoms with Crippen LogP contribution in [0.2, 0.25) is 0 Å². The summed E-state index contributed by atoms with van der Waals surface area (Å²) in [6, 6.07) is 2.34. The van der Waals surface area contributed by atoms with Gasteiger partial charge in [0.2, 0.25) is 5.82 Å². The molecule has 2 aromatic rings. The van der Waals surface area contributed by atoms with E-state index in [1.165, 1.54) is 6.07 Å². The predicted octanol–water partition coefficient (Wildman–Crippen LogP) is 0.900. The molecule has 1 N–H and O–H groups in total. The van der Waals surface area contributed by atoms with Crippen molar-refractivity contribution in [3.05, 3.63) is 22.2 Å². The van der Waals surface area contributed by atoms with Crippen molar-refractivity contribution in [3.63, 3.8) is 0 Å². The normalized spacial score (nSPS) is 11.6. The molecule has 2 heterocycles. The standard InChI is InChI=1S/C6H3ClN4O5S/c7-17(14,15)6-8-5(9-10-6)3-1-2-4(16-3)11(12)13/h1-2H,(H,8,9,10). The number of hydrogen-bond acceptors (Lipinski definition) is 7. The van der Waals surface area contributed by atoms with Crippen LogP contribution in [-0.4, -0.2) is 28.5 Å². The van der Waals surface area contributed by atoms with E-state index in [1.807, 2.05) is 0 Å². The van der Waals surface area contributed by atoms with E-state index in [2.05, 4.69) is 15.2 Å². The number of nitrogens with one attached hydrogen (secondary N) is 1. The van der Waals surface area contributed by atoms with Crippen LogP contribution in [0.25, 0.3) is 11.6 Å². The van der Waals surface area contributed by atoms with Gasteiger partial charge in [-0.3, -0.25) is 10.1 Å². The molecule has 0 aliphatic heterocycles. The first kappa shape index (κ1) is 11.5. The highest BCUT2D eigenvalue weighted by atomic mass is 35.7. The summed E-state index contributed by atoms with van der Waals surface area (Å²) in [4.78, 5) is 13.1. The van der Waals surface area contributed by atoms with E-state index in [1.54, 1.807) is 0 Å². The number of nitro groups is 1. The second-order valence-corrected chi connectivity index (χ2v) is 5.28. The number of nitrogens with zero attached hydrogens (tertiary/aromatic N) is 3. The van der Waals surface area contributed by atoms with Crippen molar-refractivity contribution in [2.24, 2.45) is 0 Å². The van der Waals surface area contributed by atoms with Crippen LogP contribution in [0, 0.1) is 10.1 Å². The fourth-order valence-corrected chi connectivity index (χ4v) is 1.57. The number of furan rings is 1. The topological polar surface area (TPSA) is 132 Å². The second kappa shape index (κ2) is 3.82. The van der Waals surface area contributed by atoms with E-state index in [-0.39, 0.29) is 11.6 Å². The molecule has 0 atom stereocenters. The predicted molar refractivity (Wildman–Crippen MR) is 53.8 cm³/mol. The average molecular weight is 279 g/mol. The zero-order chi connectivity index (χ0) is 12.6. The molecule has 0 amide bonds.